The number of anilines is 1. The summed E-state index contributed by atoms with van der Waals surface area (Å²) in [7, 11) is -8.29. The molecule has 14 heteroatoms. The second-order valence-electron chi connectivity index (χ2n) is 7.83. The van der Waals surface area contributed by atoms with Crippen LogP contribution in [0, 0.1) is 0 Å². The van der Waals surface area contributed by atoms with Gasteiger partial charge in [0.05, 0.1) is 28.8 Å². The van der Waals surface area contributed by atoms with Crippen molar-refractivity contribution in [1.82, 2.24) is 4.72 Å². The quantitative estimate of drug-likeness (QED) is 0.155. The van der Waals surface area contributed by atoms with E-state index >= 15 is 0 Å². The first-order chi connectivity index (χ1) is 17.4. The summed E-state index contributed by atoms with van der Waals surface area (Å²) in [6.07, 6.45) is -0.614. The fourth-order valence-corrected chi connectivity index (χ4v) is 6.16. The molecule has 0 radical (unpaired) electrons. The fraction of sp³-hybridized carbons (Fsp3) is 0.130. The molecule has 1 unspecified atom stereocenters. The zero-order valence-electron chi connectivity index (χ0n) is 19.2. The number of benzene rings is 3. The van der Waals surface area contributed by atoms with Gasteiger partial charge in [0.25, 0.3) is 10.0 Å². The van der Waals surface area contributed by atoms with Crippen LogP contribution in [0.15, 0.2) is 88.9 Å². The summed E-state index contributed by atoms with van der Waals surface area (Å²) in [5.74, 6) is -2.25. The molecule has 196 valence electrons. The van der Waals surface area contributed by atoms with E-state index in [9.17, 15) is 26.7 Å². The maximum absolute atomic E-state index is 13.3. The average Bonchev–Trinajstić information content (AvgIpc) is 2.83. The number of sulfonamides is 2. The van der Waals surface area contributed by atoms with Gasteiger partial charge in [0, 0.05) is 5.02 Å². The van der Waals surface area contributed by atoms with Crippen LogP contribution < -0.4 is 20.6 Å². The summed E-state index contributed by atoms with van der Waals surface area (Å²) < 4.78 is 55.3. The number of rotatable bonds is 11. The topological polar surface area (TPSA) is 185 Å². The minimum atomic E-state index is -4.27. The Morgan fingerprint density at radius 1 is 0.973 bits per heavy atom. The normalized spacial score (nSPS) is 12.5. The number of hydrogen-bond donors (Lipinski definition) is 4. The lowest BCUT2D eigenvalue weighted by molar-refractivity contribution is -0.137. The third-order valence-electron chi connectivity index (χ3n) is 4.94. The zero-order valence-corrected chi connectivity index (χ0v) is 21.6. The lowest BCUT2D eigenvalue weighted by Crippen LogP contribution is -2.33. The fourth-order valence-electron chi connectivity index (χ4n) is 3.37. The number of hydrogen-bond acceptors (Lipinski definition) is 6. The van der Waals surface area contributed by atoms with Gasteiger partial charge in [-0.05, 0) is 47.5 Å². The van der Waals surface area contributed by atoms with Crippen LogP contribution in [0.2, 0.25) is 5.02 Å². The first-order valence-electron chi connectivity index (χ1n) is 10.6. The van der Waals surface area contributed by atoms with E-state index < -0.39 is 50.2 Å². The van der Waals surface area contributed by atoms with Gasteiger partial charge in [0.2, 0.25) is 16.0 Å². The zero-order chi connectivity index (χ0) is 27.2. The Hall–Kier alpha value is -3.65. The van der Waals surface area contributed by atoms with Crippen molar-refractivity contribution in [3.63, 3.8) is 0 Å². The van der Waals surface area contributed by atoms with Gasteiger partial charge in [-0.1, -0.05) is 54.1 Å². The minimum absolute atomic E-state index is 0.0398. The Morgan fingerprint density at radius 2 is 1.62 bits per heavy atom. The van der Waals surface area contributed by atoms with Crippen molar-refractivity contribution in [3.05, 3.63) is 95.0 Å². The van der Waals surface area contributed by atoms with E-state index in [1.54, 1.807) is 6.07 Å². The van der Waals surface area contributed by atoms with Crippen LogP contribution in [0.3, 0.4) is 0 Å². The van der Waals surface area contributed by atoms with Gasteiger partial charge in [-0.3, -0.25) is 4.79 Å². The molecule has 3 rings (SSSR count). The summed E-state index contributed by atoms with van der Waals surface area (Å²) in [5, 5.41) is 13.6. The van der Waals surface area contributed by atoms with Crippen LogP contribution >= 0.6 is 11.6 Å². The molecule has 0 aliphatic heterocycles. The van der Waals surface area contributed by atoms with E-state index in [2.05, 4.69) is 9.82 Å². The average molecular weight is 566 g/mol. The highest BCUT2D eigenvalue weighted by atomic mass is 35.5. The van der Waals surface area contributed by atoms with Gasteiger partial charge < -0.3 is 16.6 Å². The molecule has 3 aromatic rings. The number of nitrogens with one attached hydrogen (secondary N) is 1. The lowest BCUT2D eigenvalue weighted by Gasteiger charge is -2.22. The maximum atomic E-state index is 13.3. The first-order valence-corrected chi connectivity index (χ1v) is 14.1. The SMILES string of the molecule is NC(N)=NN(c1cccc(C(CC(=O)O)NS(=O)(=O)Cc2ccc(Cl)cc2)c1)S(=O)(=O)c1ccccc1. The van der Waals surface area contributed by atoms with Crippen LogP contribution in [0.5, 0.6) is 0 Å². The molecule has 0 amide bonds. The molecule has 37 heavy (non-hydrogen) atoms. The van der Waals surface area contributed by atoms with E-state index in [4.69, 9.17) is 23.1 Å². The van der Waals surface area contributed by atoms with Crippen molar-refractivity contribution in [2.24, 2.45) is 16.6 Å². The molecule has 0 saturated heterocycles. The predicted octanol–water partition coefficient (Wildman–Crippen LogP) is 2.36. The molecule has 6 N–H and O–H groups in total. The van der Waals surface area contributed by atoms with Gasteiger partial charge in [0.1, 0.15) is 0 Å². The van der Waals surface area contributed by atoms with Crippen LogP contribution in [0.4, 0.5) is 5.69 Å². The molecular weight excluding hydrogens is 542 g/mol. The number of guanidine groups is 1. The number of halogens is 1. The molecule has 0 spiro atoms. The molecule has 0 bridgehead atoms. The standard InChI is InChI=1S/C23H24ClN5O6S2/c24-18-11-9-16(10-12-18)15-36(32,33)28-21(14-22(30)31)17-5-4-6-19(13-17)29(27-23(25)26)37(34,35)20-7-2-1-3-8-20/h1-13,21,28H,14-15H2,(H,30,31)(H4,25,26,27). The third-order valence-corrected chi connectivity index (χ3v) is 8.16. The van der Waals surface area contributed by atoms with Gasteiger partial charge in [-0.15, -0.1) is 5.10 Å². The van der Waals surface area contributed by atoms with Gasteiger partial charge >= 0.3 is 5.97 Å². The molecule has 0 saturated carbocycles. The molecule has 0 aromatic heterocycles. The molecule has 3 aromatic carbocycles. The summed E-state index contributed by atoms with van der Waals surface area (Å²) in [6, 6.07) is 17.9. The largest absolute Gasteiger partial charge is 0.481 e. The molecule has 0 fully saturated rings. The van der Waals surface area contributed by atoms with E-state index in [0.717, 1.165) is 0 Å². The third kappa shape index (κ3) is 7.67. The van der Waals surface area contributed by atoms with E-state index in [1.165, 1.54) is 72.8 Å². The van der Waals surface area contributed by atoms with Crippen molar-refractivity contribution >= 4 is 49.3 Å². The predicted molar refractivity (Wildman–Crippen MR) is 141 cm³/mol. The Morgan fingerprint density at radius 3 is 2.22 bits per heavy atom. The summed E-state index contributed by atoms with van der Waals surface area (Å²) in [5.41, 5.74) is 11.5. The van der Waals surface area contributed by atoms with Gasteiger partial charge in [-0.2, -0.15) is 12.8 Å². The number of carboxylic acids is 1. The Balaban J connectivity index is 2.00. The highest BCUT2D eigenvalue weighted by Crippen LogP contribution is 2.28. The number of carboxylic acid groups (broad SMARTS) is 1. The van der Waals surface area contributed by atoms with E-state index in [0.29, 0.717) is 15.0 Å². The number of aliphatic carboxylic acids is 1. The highest BCUT2D eigenvalue weighted by molar-refractivity contribution is 7.92. The Kier molecular flexibility index (Phi) is 8.76. The van der Waals surface area contributed by atoms with Crippen LogP contribution in [0.1, 0.15) is 23.6 Å². The second kappa shape index (κ2) is 11.6. The Labute approximate surface area is 219 Å². The molecule has 0 aliphatic rings. The Bertz CT molecular complexity index is 1490. The minimum Gasteiger partial charge on any atom is -0.481 e. The maximum Gasteiger partial charge on any atom is 0.305 e. The van der Waals surface area contributed by atoms with E-state index in [1.807, 2.05) is 0 Å². The van der Waals surface area contributed by atoms with Crippen LogP contribution in [0.25, 0.3) is 0 Å². The molecule has 0 heterocycles. The van der Waals surface area contributed by atoms with Crippen LogP contribution in [-0.2, 0) is 30.6 Å². The molecule has 11 nitrogen and oxygen atoms in total. The first kappa shape index (κ1) is 27.9. The molecular formula is C23H24ClN5O6S2. The summed E-state index contributed by atoms with van der Waals surface area (Å²) in [6.45, 7) is 0. The van der Waals surface area contributed by atoms with Gasteiger partial charge in [-0.25, -0.2) is 13.1 Å². The smallest absolute Gasteiger partial charge is 0.305 e. The number of nitrogens with zero attached hydrogens (tertiary/aromatic N) is 2. The molecule has 1 atom stereocenters. The lowest BCUT2D eigenvalue weighted by atomic mass is 10.0. The van der Waals surface area contributed by atoms with Crippen molar-refractivity contribution in [3.8, 4) is 0 Å². The highest BCUT2D eigenvalue weighted by Gasteiger charge is 2.28. The number of nitrogens with two attached hydrogens (primary N) is 2. The van der Waals surface area contributed by atoms with Crippen molar-refractivity contribution in [2.75, 3.05) is 4.41 Å². The summed E-state index contributed by atoms with van der Waals surface area (Å²) in [4.78, 5) is 11.5. The monoisotopic (exact) mass is 565 g/mol. The second-order valence-corrected chi connectivity index (χ2v) is 11.8. The van der Waals surface area contributed by atoms with Crippen molar-refractivity contribution in [2.45, 2.75) is 23.1 Å². The van der Waals surface area contributed by atoms with Crippen LogP contribution in [-0.4, -0.2) is 33.9 Å². The van der Waals surface area contributed by atoms with E-state index in [-0.39, 0.29) is 16.1 Å². The number of hydrazone groups is 1. The van der Waals surface area contributed by atoms with Crippen molar-refractivity contribution in [1.29, 1.82) is 0 Å². The van der Waals surface area contributed by atoms with Gasteiger partial charge in [0.15, 0.2) is 0 Å². The number of carbonyl (C=O) groups is 1. The van der Waals surface area contributed by atoms with Crippen molar-refractivity contribution < 1.29 is 26.7 Å². The molecule has 0 aliphatic carbocycles. The summed E-state index contributed by atoms with van der Waals surface area (Å²) >= 11 is 5.85.